The standard InChI is InChI=1S/C24H24FN5O5/c1-3-19-22(16-6-9-20(33-2)21(12-16)34-14-25)29-30(24(32)35-19)13-15-4-7-17(8-5-15)27-23(31)18-10-11-26-28-18/h4-12,19H,3,13-14H2,1-2H3,(H,26,28)(H,27,31). The molecule has 1 unspecified atom stereocenters. The van der Waals surface area contributed by atoms with E-state index in [9.17, 15) is 14.0 Å². The fraction of sp³-hybridized carbons (Fsp3) is 0.250. The third-order valence-corrected chi connectivity index (χ3v) is 5.31. The van der Waals surface area contributed by atoms with E-state index in [0.717, 1.165) is 5.56 Å². The van der Waals surface area contributed by atoms with Gasteiger partial charge in [-0.3, -0.25) is 9.89 Å². The highest BCUT2D eigenvalue weighted by atomic mass is 19.1. The molecule has 1 aliphatic rings. The van der Waals surface area contributed by atoms with Gasteiger partial charge in [0.1, 0.15) is 17.5 Å². The van der Waals surface area contributed by atoms with E-state index in [2.05, 4.69) is 20.6 Å². The van der Waals surface area contributed by atoms with Crippen molar-refractivity contribution in [2.75, 3.05) is 19.3 Å². The predicted octanol–water partition coefficient (Wildman–Crippen LogP) is 4.11. The Morgan fingerprint density at radius 1 is 1.20 bits per heavy atom. The average molecular weight is 481 g/mol. The number of H-pyrrole nitrogens is 1. The number of methoxy groups -OCH3 is 1. The molecule has 2 N–H and O–H groups in total. The van der Waals surface area contributed by atoms with Crippen molar-refractivity contribution in [1.29, 1.82) is 0 Å². The van der Waals surface area contributed by atoms with Gasteiger partial charge in [0.05, 0.1) is 13.7 Å². The first-order valence-electron chi connectivity index (χ1n) is 10.9. The quantitative estimate of drug-likeness (QED) is 0.475. The number of carbonyl (C=O) groups excluding carboxylic acids is 2. The first-order chi connectivity index (χ1) is 17.0. The minimum Gasteiger partial charge on any atom is -0.493 e. The average Bonchev–Trinajstić information content (AvgIpc) is 3.42. The van der Waals surface area contributed by atoms with Crippen LogP contribution in [-0.2, 0) is 11.3 Å². The van der Waals surface area contributed by atoms with Crippen LogP contribution in [0.2, 0.25) is 0 Å². The van der Waals surface area contributed by atoms with E-state index in [1.165, 1.54) is 12.1 Å². The number of hydrogen-bond acceptors (Lipinski definition) is 7. The summed E-state index contributed by atoms with van der Waals surface area (Å²) in [6, 6.07) is 13.6. The van der Waals surface area contributed by atoms with Crippen LogP contribution in [0.15, 0.2) is 59.8 Å². The maximum absolute atomic E-state index is 12.8. The molecule has 3 aromatic rings. The number of anilines is 1. The predicted molar refractivity (Wildman–Crippen MR) is 125 cm³/mol. The monoisotopic (exact) mass is 481 g/mol. The summed E-state index contributed by atoms with van der Waals surface area (Å²) < 4.78 is 28.7. The molecule has 0 bridgehead atoms. The van der Waals surface area contributed by atoms with Crippen molar-refractivity contribution >= 4 is 23.4 Å². The Bertz CT molecular complexity index is 1210. The van der Waals surface area contributed by atoms with E-state index in [0.29, 0.717) is 29.1 Å². The summed E-state index contributed by atoms with van der Waals surface area (Å²) >= 11 is 0. The second kappa shape index (κ2) is 10.7. The SMILES string of the molecule is CCC1OC(=O)N(Cc2ccc(NC(=O)c3cc[nH]n3)cc2)N=C1c1ccc(OC)c(OCF)c1. The van der Waals surface area contributed by atoms with E-state index >= 15 is 0 Å². The number of benzene rings is 2. The number of alkyl halides is 1. The maximum Gasteiger partial charge on any atom is 0.431 e. The lowest BCUT2D eigenvalue weighted by Crippen LogP contribution is -2.41. The summed E-state index contributed by atoms with van der Waals surface area (Å²) in [7, 11) is 1.46. The Labute approximate surface area is 200 Å². The third kappa shape index (κ3) is 5.40. The van der Waals surface area contributed by atoms with Gasteiger partial charge in [-0.05, 0) is 48.4 Å². The van der Waals surface area contributed by atoms with Crippen molar-refractivity contribution in [2.24, 2.45) is 5.10 Å². The molecule has 0 radical (unpaired) electrons. The van der Waals surface area contributed by atoms with Crippen molar-refractivity contribution in [3.05, 3.63) is 71.5 Å². The highest BCUT2D eigenvalue weighted by Gasteiger charge is 2.31. The van der Waals surface area contributed by atoms with Crippen LogP contribution >= 0.6 is 0 Å². The number of nitrogens with zero attached hydrogens (tertiary/aromatic N) is 3. The zero-order chi connectivity index (χ0) is 24.8. The summed E-state index contributed by atoms with van der Waals surface area (Å²) in [5.74, 6) is 0.263. The molecule has 1 aromatic heterocycles. The highest BCUT2D eigenvalue weighted by Crippen LogP contribution is 2.30. The zero-order valence-electron chi connectivity index (χ0n) is 19.2. The van der Waals surface area contributed by atoms with Crippen molar-refractivity contribution in [2.45, 2.75) is 26.0 Å². The van der Waals surface area contributed by atoms with E-state index in [1.807, 2.05) is 6.92 Å². The molecule has 11 heteroatoms. The molecule has 0 fully saturated rings. The Morgan fingerprint density at radius 3 is 2.66 bits per heavy atom. The number of hydrogen-bond donors (Lipinski definition) is 2. The lowest BCUT2D eigenvalue weighted by Gasteiger charge is -2.29. The number of ether oxygens (including phenoxy) is 3. The van der Waals surface area contributed by atoms with Crippen LogP contribution in [0, 0.1) is 0 Å². The van der Waals surface area contributed by atoms with Crippen molar-refractivity contribution in [1.82, 2.24) is 15.2 Å². The zero-order valence-corrected chi connectivity index (χ0v) is 19.2. The number of halogens is 1. The van der Waals surface area contributed by atoms with Crippen LogP contribution in [0.5, 0.6) is 11.5 Å². The number of rotatable bonds is 9. The van der Waals surface area contributed by atoms with Gasteiger partial charge < -0.3 is 19.5 Å². The van der Waals surface area contributed by atoms with Crippen LogP contribution in [-0.4, -0.2) is 53.0 Å². The van der Waals surface area contributed by atoms with Gasteiger partial charge in [0.2, 0.25) is 6.86 Å². The lowest BCUT2D eigenvalue weighted by molar-refractivity contribution is 0.0712. The highest BCUT2D eigenvalue weighted by molar-refractivity contribution is 6.06. The Kier molecular flexibility index (Phi) is 7.24. The van der Waals surface area contributed by atoms with Gasteiger partial charge in [-0.25, -0.2) is 9.18 Å². The van der Waals surface area contributed by atoms with E-state index in [1.54, 1.807) is 54.7 Å². The number of amides is 2. The number of carbonyl (C=O) groups is 2. The van der Waals surface area contributed by atoms with Crippen LogP contribution in [0.4, 0.5) is 14.9 Å². The maximum atomic E-state index is 12.8. The van der Waals surface area contributed by atoms with Crippen LogP contribution in [0.1, 0.15) is 35.0 Å². The molecule has 0 aliphatic carbocycles. The number of cyclic esters (lactones) is 1. The van der Waals surface area contributed by atoms with Gasteiger partial charge in [0.15, 0.2) is 11.5 Å². The Balaban J connectivity index is 1.53. The summed E-state index contributed by atoms with van der Waals surface area (Å²) in [4.78, 5) is 24.7. The first-order valence-corrected chi connectivity index (χ1v) is 10.9. The van der Waals surface area contributed by atoms with E-state index in [4.69, 9.17) is 14.2 Å². The molecule has 0 saturated heterocycles. The number of nitrogens with one attached hydrogen (secondary N) is 2. The summed E-state index contributed by atoms with van der Waals surface area (Å²) in [6.07, 6.45) is 0.929. The Hall–Kier alpha value is -4.41. The molecule has 0 spiro atoms. The summed E-state index contributed by atoms with van der Waals surface area (Å²) in [5.41, 5.74) is 2.76. The van der Waals surface area contributed by atoms with Gasteiger partial charge in [-0.2, -0.15) is 15.2 Å². The first kappa shape index (κ1) is 23.7. The van der Waals surface area contributed by atoms with Gasteiger partial charge in [0, 0.05) is 17.4 Å². The molecule has 182 valence electrons. The number of aromatic amines is 1. The molecule has 1 atom stereocenters. The summed E-state index contributed by atoms with van der Waals surface area (Å²) in [5, 5.41) is 14.9. The molecule has 2 heterocycles. The van der Waals surface area contributed by atoms with Gasteiger partial charge in [-0.15, -0.1) is 0 Å². The molecular formula is C24H24FN5O5. The normalized spacial score (nSPS) is 15.3. The molecule has 4 rings (SSSR count). The smallest absolute Gasteiger partial charge is 0.431 e. The van der Waals surface area contributed by atoms with Gasteiger partial charge in [0.25, 0.3) is 5.91 Å². The van der Waals surface area contributed by atoms with Crippen LogP contribution < -0.4 is 14.8 Å². The van der Waals surface area contributed by atoms with E-state index in [-0.39, 0.29) is 23.9 Å². The van der Waals surface area contributed by atoms with Crippen molar-refractivity contribution in [3.8, 4) is 11.5 Å². The number of aromatic nitrogens is 2. The van der Waals surface area contributed by atoms with Crippen LogP contribution in [0.25, 0.3) is 0 Å². The van der Waals surface area contributed by atoms with E-state index < -0.39 is 19.1 Å². The van der Waals surface area contributed by atoms with Crippen LogP contribution in [0.3, 0.4) is 0 Å². The second-order valence-corrected chi connectivity index (χ2v) is 7.55. The minimum atomic E-state index is -1.01. The Morgan fingerprint density at radius 2 is 2.00 bits per heavy atom. The molecular weight excluding hydrogens is 457 g/mol. The molecule has 2 amide bonds. The van der Waals surface area contributed by atoms with Crippen molar-refractivity contribution in [3.63, 3.8) is 0 Å². The summed E-state index contributed by atoms with van der Waals surface area (Å²) in [6.45, 7) is 1.01. The minimum absolute atomic E-state index is 0.149. The molecule has 35 heavy (non-hydrogen) atoms. The fourth-order valence-electron chi connectivity index (χ4n) is 3.55. The number of hydrazone groups is 1. The lowest BCUT2D eigenvalue weighted by atomic mass is 10.0. The van der Waals surface area contributed by atoms with Gasteiger partial charge >= 0.3 is 6.09 Å². The molecule has 0 saturated carbocycles. The third-order valence-electron chi connectivity index (χ3n) is 5.31. The fourth-order valence-corrected chi connectivity index (χ4v) is 3.55. The molecule has 2 aromatic carbocycles. The van der Waals surface area contributed by atoms with Crippen molar-refractivity contribution < 1.29 is 28.2 Å². The molecule has 1 aliphatic heterocycles. The topological polar surface area (TPSA) is 118 Å². The molecule has 10 nitrogen and oxygen atoms in total. The van der Waals surface area contributed by atoms with Gasteiger partial charge in [-0.1, -0.05) is 19.1 Å². The largest absolute Gasteiger partial charge is 0.493 e. The second-order valence-electron chi connectivity index (χ2n) is 7.55.